The Morgan fingerprint density at radius 3 is 2.75 bits per heavy atom. The number of rotatable bonds is 7. The number of sulfonamides is 1. The monoisotopic (exact) mass is 304 g/mol. The van der Waals surface area contributed by atoms with Crippen molar-refractivity contribution in [3.8, 4) is 0 Å². The molecule has 5 N–H and O–H groups in total. The summed E-state index contributed by atoms with van der Waals surface area (Å²) < 4.78 is 37.9. The lowest BCUT2D eigenvalue weighted by molar-refractivity contribution is 0.318. The third kappa shape index (κ3) is 5.11. The van der Waals surface area contributed by atoms with Crippen LogP contribution >= 0.6 is 0 Å². The summed E-state index contributed by atoms with van der Waals surface area (Å²) in [4.78, 5) is 0. The Labute approximate surface area is 116 Å². The molecule has 0 aliphatic carbocycles. The quantitative estimate of drug-likeness (QED) is 0.179. The Morgan fingerprint density at radius 1 is 1.45 bits per heavy atom. The fourth-order valence-electron chi connectivity index (χ4n) is 1.52. The number of nitrogens with zero attached hydrogens (tertiary/aromatic N) is 1. The zero-order valence-electron chi connectivity index (χ0n) is 10.9. The van der Waals surface area contributed by atoms with Gasteiger partial charge in [0.25, 0.3) is 0 Å². The maximum absolute atomic E-state index is 14.0. The van der Waals surface area contributed by atoms with Crippen LogP contribution < -0.4 is 15.8 Å². The third-order valence-corrected chi connectivity index (χ3v) is 3.17. The Bertz CT molecular complexity index is 589. The van der Waals surface area contributed by atoms with E-state index in [1.165, 1.54) is 6.07 Å². The Kier molecular flexibility index (Phi) is 5.86. The molecule has 9 heteroatoms. The van der Waals surface area contributed by atoms with Crippen molar-refractivity contribution in [2.24, 2.45) is 10.9 Å². The molecule has 0 aliphatic rings. The summed E-state index contributed by atoms with van der Waals surface area (Å²) in [7, 11) is -3.22. The topological polar surface area (TPSA) is 117 Å². The Balaban J connectivity index is 2.57. The summed E-state index contributed by atoms with van der Waals surface area (Å²) in [5.41, 5.74) is 5.71. The van der Waals surface area contributed by atoms with Gasteiger partial charge in [0.2, 0.25) is 10.0 Å². The van der Waals surface area contributed by atoms with Gasteiger partial charge in [0.05, 0.1) is 11.8 Å². The molecule has 0 spiro atoms. The van der Waals surface area contributed by atoms with Crippen LogP contribution in [0.5, 0.6) is 0 Å². The summed E-state index contributed by atoms with van der Waals surface area (Å²) >= 11 is 0. The molecule has 7 nitrogen and oxygen atoms in total. The molecule has 0 aliphatic heterocycles. The van der Waals surface area contributed by atoms with Crippen molar-refractivity contribution in [3.05, 3.63) is 35.1 Å². The second-order valence-electron chi connectivity index (χ2n) is 4.11. The van der Waals surface area contributed by atoms with Crippen molar-refractivity contribution in [1.82, 2.24) is 10.0 Å². The minimum absolute atomic E-state index is 0.0149. The fraction of sp³-hybridized carbons (Fsp3) is 0.364. The number of halogens is 1. The van der Waals surface area contributed by atoms with Gasteiger partial charge in [0.15, 0.2) is 5.84 Å². The smallest absolute Gasteiger partial charge is 0.208 e. The average Bonchev–Trinajstić information content (AvgIpc) is 2.38. The van der Waals surface area contributed by atoms with Crippen LogP contribution in [0.2, 0.25) is 0 Å². The number of benzene rings is 1. The lowest BCUT2D eigenvalue weighted by Crippen LogP contribution is -2.31. The first-order valence-corrected chi connectivity index (χ1v) is 7.65. The molecule has 0 atom stereocenters. The zero-order valence-corrected chi connectivity index (χ0v) is 11.7. The normalized spacial score (nSPS) is 12.6. The van der Waals surface area contributed by atoms with Gasteiger partial charge >= 0.3 is 0 Å². The lowest BCUT2D eigenvalue weighted by atomic mass is 10.1. The van der Waals surface area contributed by atoms with Crippen molar-refractivity contribution >= 4 is 15.9 Å². The van der Waals surface area contributed by atoms with Crippen molar-refractivity contribution in [3.63, 3.8) is 0 Å². The van der Waals surface area contributed by atoms with Gasteiger partial charge < -0.3 is 16.3 Å². The first-order valence-electron chi connectivity index (χ1n) is 5.76. The highest BCUT2D eigenvalue weighted by molar-refractivity contribution is 7.88. The van der Waals surface area contributed by atoms with E-state index in [1.807, 2.05) is 0 Å². The summed E-state index contributed by atoms with van der Waals surface area (Å²) in [6.07, 6.45) is 1.06. The third-order valence-electron chi connectivity index (χ3n) is 2.44. The highest BCUT2D eigenvalue weighted by Crippen LogP contribution is 2.12. The molecule has 0 heterocycles. The van der Waals surface area contributed by atoms with Gasteiger partial charge in [0.1, 0.15) is 5.82 Å². The van der Waals surface area contributed by atoms with Crippen LogP contribution in [0.1, 0.15) is 11.1 Å². The number of hydrogen-bond acceptors (Lipinski definition) is 5. The van der Waals surface area contributed by atoms with Crippen molar-refractivity contribution < 1.29 is 18.0 Å². The van der Waals surface area contributed by atoms with Gasteiger partial charge in [-0.2, -0.15) is 0 Å². The van der Waals surface area contributed by atoms with Gasteiger partial charge in [-0.15, -0.1) is 0 Å². The van der Waals surface area contributed by atoms with Crippen LogP contribution in [0.25, 0.3) is 0 Å². The minimum Gasteiger partial charge on any atom is -0.409 e. The molecule has 1 rings (SSSR count). The van der Waals surface area contributed by atoms with Crippen molar-refractivity contribution in [1.29, 1.82) is 0 Å². The van der Waals surface area contributed by atoms with Crippen LogP contribution in [0.3, 0.4) is 0 Å². The fourth-order valence-corrected chi connectivity index (χ4v) is 1.99. The summed E-state index contributed by atoms with van der Waals surface area (Å²) in [6, 6.07) is 4.54. The molecular formula is C11H17FN4O3S. The molecule has 0 saturated heterocycles. The van der Waals surface area contributed by atoms with Crippen LogP contribution in [0.4, 0.5) is 4.39 Å². The summed E-state index contributed by atoms with van der Waals surface area (Å²) in [6.45, 7) is 0.754. The van der Waals surface area contributed by atoms with Gasteiger partial charge in [0, 0.05) is 25.2 Å². The highest BCUT2D eigenvalue weighted by atomic mass is 32.2. The molecule has 0 radical (unpaired) electrons. The Morgan fingerprint density at radius 2 is 2.15 bits per heavy atom. The zero-order chi connectivity index (χ0) is 15.2. The van der Waals surface area contributed by atoms with Crippen LogP contribution in [-0.4, -0.2) is 38.8 Å². The van der Waals surface area contributed by atoms with E-state index in [-0.39, 0.29) is 24.5 Å². The molecule has 1 aromatic rings. The van der Waals surface area contributed by atoms with Crippen molar-refractivity contribution in [2.75, 3.05) is 19.3 Å². The van der Waals surface area contributed by atoms with Crippen molar-refractivity contribution in [2.45, 2.75) is 6.54 Å². The van der Waals surface area contributed by atoms with E-state index in [2.05, 4.69) is 15.2 Å². The molecule has 0 bridgehead atoms. The van der Waals surface area contributed by atoms with Gasteiger partial charge in [-0.3, -0.25) is 0 Å². The van der Waals surface area contributed by atoms with Crippen LogP contribution in [0, 0.1) is 5.82 Å². The van der Waals surface area contributed by atoms with E-state index in [4.69, 9.17) is 10.9 Å². The SMILES string of the molecule is CS(=O)(=O)NCCNCc1cccc(/C(N)=N/O)c1F. The first-order chi connectivity index (χ1) is 9.35. The van der Waals surface area contributed by atoms with Gasteiger partial charge in [-0.25, -0.2) is 17.5 Å². The Hall–Kier alpha value is -1.71. The lowest BCUT2D eigenvalue weighted by Gasteiger charge is -2.09. The van der Waals surface area contributed by atoms with E-state index in [0.29, 0.717) is 12.1 Å². The molecule has 0 aromatic heterocycles. The van der Waals surface area contributed by atoms with E-state index in [1.54, 1.807) is 12.1 Å². The predicted molar refractivity (Wildman–Crippen MR) is 73.5 cm³/mol. The maximum Gasteiger partial charge on any atom is 0.208 e. The molecule has 0 unspecified atom stereocenters. The van der Waals surface area contributed by atoms with E-state index >= 15 is 0 Å². The molecule has 0 amide bonds. The summed E-state index contributed by atoms with van der Waals surface area (Å²) in [5, 5.41) is 14.2. The first kappa shape index (κ1) is 16.3. The number of hydrogen-bond donors (Lipinski definition) is 4. The average molecular weight is 304 g/mol. The van der Waals surface area contributed by atoms with E-state index in [9.17, 15) is 12.8 Å². The largest absolute Gasteiger partial charge is 0.409 e. The summed E-state index contributed by atoms with van der Waals surface area (Å²) in [5.74, 6) is -0.880. The predicted octanol–water partition coefficient (Wildman–Crippen LogP) is -0.441. The van der Waals surface area contributed by atoms with Crippen LogP contribution in [-0.2, 0) is 16.6 Å². The minimum atomic E-state index is -3.22. The number of amidine groups is 1. The molecule has 1 aromatic carbocycles. The second-order valence-corrected chi connectivity index (χ2v) is 5.94. The highest BCUT2D eigenvalue weighted by Gasteiger charge is 2.11. The van der Waals surface area contributed by atoms with E-state index in [0.717, 1.165) is 6.26 Å². The number of nitrogens with one attached hydrogen (secondary N) is 2. The van der Waals surface area contributed by atoms with Crippen LogP contribution in [0.15, 0.2) is 23.4 Å². The molecular weight excluding hydrogens is 287 g/mol. The molecule has 112 valence electrons. The van der Waals surface area contributed by atoms with Gasteiger partial charge in [-0.1, -0.05) is 17.3 Å². The second kappa shape index (κ2) is 7.17. The molecule has 0 fully saturated rings. The molecule has 20 heavy (non-hydrogen) atoms. The number of nitrogens with two attached hydrogens (primary N) is 1. The molecule has 0 saturated carbocycles. The van der Waals surface area contributed by atoms with Gasteiger partial charge in [-0.05, 0) is 6.07 Å². The standard InChI is InChI=1S/C11H17FN4O3S/c1-20(18,19)15-6-5-14-7-8-3-2-4-9(10(8)12)11(13)16-17/h2-4,14-15,17H,5-7H2,1H3,(H2,13,16). The maximum atomic E-state index is 14.0. The number of oxime groups is 1. The van der Waals surface area contributed by atoms with E-state index < -0.39 is 15.8 Å².